The predicted molar refractivity (Wildman–Crippen MR) is 184 cm³/mol. The summed E-state index contributed by atoms with van der Waals surface area (Å²) in [5.41, 5.74) is 7.34. The molecule has 0 saturated carbocycles. The minimum absolute atomic E-state index is 0.192. The third-order valence-corrected chi connectivity index (χ3v) is 9.73. The minimum Gasteiger partial charge on any atom is -0.493 e. The van der Waals surface area contributed by atoms with Crippen molar-refractivity contribution in [1.82, 2.24) is 15.1 Å². The number of rotatable bonds is 8. The van der Waals surface area contributed by atoms with E-state index in [2.05, 4.69) is 131 Å². The number of ketones is 1. The number of hydrogen-bond donors (Lipinski definition) is 1. The van der Waals surface area contributed by atoms with E-state index in [0.717, 1.165) is 82.5 Å². The van der Waals surface area contributed by atoms with Crippen molar-refractivity contribution in [3.8, 4) is 17.0 Å². The molecule has 0 spiro atoms. The van der Waals surface area contributed by atoms with Crippen LogP contribution in [0, 0.1) is 5.92 Å². The van der Waals surface area contributed by atoms with Gasteiger partial charge >= 0.3 is 0 Å². The zero-order valence-corrected chi connectivity index (χ0v) is 25.9. The number of carbonyl (C=O) groups excluding carboxylic acids is 1. The van der Waals surface area contributed by atoms with E-state index in [0.29, 0.717) is 18.9 Å². The second kappa shape index (κ2) is 12.1. The standard InChI is InChI=1S/C41H37N3O2/c45-38(25-29-11-10-23-42-28-29)30-18-20-37-36(27-30)40(32-19-21-39-31(26-32)22-24-46-39)43-44(37)41(33-12-4-1-5-13-33,34-14-6-2-7-15-34)35-16-8-3-9-17-35/h1-9,12-21,26-27,29,42H,10-11,22-25,28H2. The topological polar surface area (TPSA) is 56.1 Å². The molecular weight excluding hydrogens is 566 g/mol. The van der Waals surface area contributed by atoms with Gasteiger partial charge in [0.25, 0.3) is 0 Å². The van der Waals surface area contributed by atoms with Gasteiger partial charge in [-0.05, 0) is 90.5 Å². The molecule has 1 N–H and O–H groups in total. The Hall–Kier alpha value is -5.00. The quantitative estimate of drug-likeness (QED) is 0.141. The molecule has 1 fully saturated rings. The molecule has 6 aromatic rings. The highest BCUT2D eigenvalue weighted by Crippen LogP contribution is 2.44. The molecule has 2 aliphatic rings. The molecule has 228 valence electrons. The maximum Gasteiger partial charge on any atom is 0.163 e. The molecule has 0 aliphatic carbocycles. The lowest BCUT2D eigenvalue weighted by atomic mass is 9.77. The van der Waals surface area contributed by atoms with Crippen molar-refractivity contribution in [2.45, 2.75) is 31.2 Å². The van der Waals surface area contributed by atoms with Gasteiger partial charge in [-0.15, -0.1) is 0 Å². The molecule has 3 heterocycles. The Morgan fingerprint density at radius 3 is 2.13 bits per heavy atom. The van der Waals surface area contributed by atoms with Crippen LogP contribution in [-0.4, -0.2) is 35.3 Å². The minimum atomic E-state index is -0.778. The highest BCUT2D eigenvalue weighted by molar-refractivity contribution is 6.03. The number of hydrogen-bond acceptors (Lipinski definition) is 4. The van der Waals surface area contributed by atoms with Crippen LogP contribution in [0.2, 0.25) is 0 Å². The Bertz CT molecular complexity index is 1900. The molecule has 8 rings (SSSR count). The van der Waals surface area contributed by atoms with E-state index in [9.17, 15) is 4.79 Å². The third kappa shape index (κ3) is 4.92. The predicted octanol–water partition coefficient (Wildman–Crippen LogP) is 8.05. The number of nitrogens with zero attached hydrogens (tertiary/aromatic N) is 2. The van der Waals surface area contributed by atoms with E-state index in [1.807, 2.05) is 6.07 Å². The molecule has 5 heteroatoms. The summed E-state index contributed by atoms with van der Waals surface area (Å²) >= 11 is 0. The number of ether oxygens (including phenoxy) is 1. The van der Waals surface area contributed by atoms with E-state index < -0.39 is 5.54 Å². The van der Waals surface area contributed by atoms with Crippen LogP contribution in [0.15, 0.2) is 127 Å². The first-order valence-electron chi connectivity index (χ1n) is 16.4. The van der Waals surface area contributed by atoms with Crippen molar-refractivity contribution in [2.24, 2.45) is 5.92 Å². The Labute approximate surface area is 269 Å². The fraction of sp³-hybridized carbons (Fsp3) is 0.220. The van der Waals surface area contributed by atoms with E-state index >= 15 is 0 Å². The van der Waals surface area contributed by atoms with Gasteiger partial charge in [-0.25, -0.2) is 4.68 Å². The van der Waals surface area contributed by atoms with Gasteiger partial charge in [0.15, 0.2) is 5.78 Å². The second-order valence-corrected chi connectivity index (χ2v) is 12.6. The number of Topliss-reactive ketones (excluding diaryl/α,β-unsaturated/α-hetero) is 1. The molecular formula is C41H37N3O2. The van der Waals surface area contributed by atoms with Crippen LogP contribution in [0.1, 0.15) is 51.9 Å². The van der Waals surface area contributed by atoms with E-state index in [1.54, 1.807) is 0 Å². The van der Waals surface area contributed by atoms with Gasteiger partial charge in [-0.2, -0.15) is 5.10 Å². The van der Waals surface area contributed by atoms with Gasteiger partial charge in [0, 0.05) is 29.4 Å². The first kappa shape index (κ1) is 28.5. The molecule has 0 bridgehead atoms. The molecule has 1 atom stereocenters. The second-order valence-electron chi connectivity index (χ2n) is 12.6. The monoisotopic (exact) mass is 603 g/mol. The Morgan fingerprint density at radius 2 is 1.50 bits per heavy atom. The van der Waals surface area contributed by atoms with E-state index in [-0.39, 0.29) is 5.78 Å². The van der Waals surface area contributed by atoms with E-state index in [4.69, 9.17) is 9.84 Å². The normalized spacial score (nSPS) is 16.2. The van der Waals surface area contributed by atoms with Crippen molar-refractivity contribution in [3.63, 3.8) is 0 Å². The van der Waals surface area contributed by atoms with Crippen LogP contribution in [0.5, 0.6) is 5.75 Å². The molecule has 5 aromatic carbocycles. The Morgan fingerprint density at radius 1 is 0.826 bits per heavy atom. The molecule has 5 nitrogen and oxygen atoms in total. The lowest BCUT2D eigenvalue weighted by molar-refractivity contribution is 0.0954. The van der Waals surface area contributed by atoms with Crippen LogP contribution >= 0.6 is 0 Å². The average Bonchev–Trinajstić information content (AvgIpc) is 3.75. The zero-order chi connectivity index (χ0) is 30.9. The molecule has 1 unspecified atom stereocenters. The Kier molecular flexibility index (Phi) is 7.47. The molecule has 1 aromatic heterocycles. The molecule has 46 heavy (non-hydrogen) atoms. The fourth-order valence-electron chi connectivity index (χ4n) is 7.48. The summed E-state index contributed by atoms with van der Waals surface area (Å²) < 4.78 is 8.05. The van der Waals surface area contributed by atoms with Gasteiger partial charge in [0.2, 0.25) is 0 Å². The Balaban J connectivity index is 1.40. The maximum atomic E-state index is 13.8. The van der Waals surface area contributed by atoms with Gasteiger partial charge < -0.3 is 10.1 Å². The summed E-state index contributed by atoms with van der Waals surface area (Å²) in [5, 5.41) is 9.99. The van der Waals surface area contributed by atoms with Gasteiger partial charge in [-0.3, -0.25) is 4.79 Å². The van der Waals surface area contributed by atoms with Crippen molar-refractivity contribution in [2.75, 3.05) is 19.7 Å². The summed E-state index contributed by atoms with van der Waals surface area (Å²) in [4.78, 5) is 13.8. The zero-order valence-electron chi connectivity index (χ0n) is 25.9. The number of piperidine rings is 1. The van der Waals surface area contributed by atoms with Crippen LogP contribution in [-0.2, 0) is 12.0 Å². The number of carbonyl (C=O) groups is 1. The highest BCUT2D eigenvalue weighted by Gasteiger charge is 2.41. The summed E-state index contributed by atoms with van der Waals surface area (Å²) in [6.45, 7) is 2.64. The van der Waals surface area contributed by atoms with Gasteiger partial charge in [0.1, 0.15) is 17.0 Å². The SMILES string of the molecule is O=C(CC1CCCNC1)c1ccc2c(c1)c(-c1ccc3c(c1)CCO3)nn2C(c1ccccc1)(c1ccccc1)c1ccccc1. The highest BCUT2D eigenvalue weighted by atomic mass is 16.5. The van der Waals surface area contributed by atoms with Crippen LogP contribution in [0.3, 0.4) is 0 Å². The lowest BCUT2D eigenvalue weighted by Crippen LogP contribution is -2.38. The first-order valence-corrected chi connectivity index (χ1v) is 16.4. The molecule has 1 saturated heterocycles. The van der Waals surface area contributed by atoms with Gasteiger partial charge in [0.05, 0.1) is 12.1 Å². The van der Waals surface area contributed by atoms with Crippen LogP contribution in [0.4, 0.5) is 0 Å². The van der Waals surface area contributed by atoms with Crippen LogP contribution in [0.25, 0.3) is 22.2 Å². The first-order chi connectivity index (χ1) is 22.7. The van der Waals surface area contributed by atoms with Crippen LogP contribution < -0.4 is 10.1 Å². The fourth-order valence-corrected chi connectivity index (χ4v) is 7.48. The number of aromatic nitrogens is 2. The number of benzene rings is 5. The third-order valence-electron chi connectivity index (χ3n) is 9.73. The molecule has 0 amide bonds. The van der Waals surface area contributed by atoms with E-state index in [1.165, 1.54) is 5.56 Å². The summed E-state index contributed by atoms with van der Waals surface area (Å²) in [7, 11) is 0. The van der Waals surface area contributed by atoms with Crippen molar-refractivity contribution < 1.29 is 9.53 Å². The summed E-state index contributed by atoms with van der Waals surface area (Å²) in [6.07, 6.45) is 3.65. The van der Waals surface area contributed by atoms with Crippen molar-refractivity contribution >= 4 is 16.7 Å². The smallest absolute Gasteiger partial charge is 0.163 e. The summed E-state index contributed by atoms with van der Waals surface area (Å²) in [6, 6.07) is 44.5. The maximum absolute atomic E-state index is 13.8. The largest absolute Gasteiger partial charge is 0.493 e. The average molecular weight is 604 g/mol. The van der Waals surface area contributed by atoms with Gasteiger partial charge in [-0.1, -0.05) is 91.0 Å². The number of fused-ring (bicyclic) bond motifs is 2. The van der Waals surface area contributed by atoms with Crippen molar-refractivity contribution in [3.05, 3.63) is 155 Å². The molecule has 0 radical (unpaired) electrons. The molecule has 2 aliphatic heterocycles. The number of nitrogens with one attached hydrogen (secondary N) is 1. The summed E-state index contributed by atoms with van der Waals surface area (Å²) in [5.74, 6) is 1.51. The lowest BCUT2D eigenvalue weighted by Gasteiger charge is -2.37. The van der Waals surface area contributed by atoms with Crippen molar-refractivity contribution in [1.29, 1.82) is 0 Å².